The summed E-state index contributed by atoms with van der Waals surface area (Å²) in [7, 11) is 0. The van der Waals surface area contributed by atoms with Gasteiger partial charge in [-0.15, -0.1) is 0 Å². The minimum atomic E-state index is -0.949. The van der Waals surface area contributed by atoms with Crippen molar-refractivity contribution in [2.45, 2.75) is 13.5 Å². The van der Waals surface area contributed by atoms with Crippen molar-refractivity contribution in [3.63, 3.8) is 0 Å². The highest BCUT2D eigenvalue weighted by Gasteiger charge is 2.13. The summed E-state index contributed by atoms with van der Waals surface area (Å²) in [6.07, 6.45) is 1.72. The second-order valence-corrected chi connectivity index (χ2v) is 3.91. The first-order valence-corrected chi connectivity index (χ1v) is 5.21. The lowest BCUT2D eigenvalue weighted by molar-refractivity contribution is 0.0685. The number of carboxylic acids is 1. The summed E-state index contributed by atoms with van der Waals surface area (Å²) >= 11 is 0. The summed E-state index contributed by atoms with van der Waals surface area (Å²) in [6.45, 7) is 2.18. The van der Waals surface area contributed by atoms with E-state index < -0.39 is 5.97 Å². The third kappa shape index (κ3) is 2.36. The van der Waals surface area contributed by atoms with Crippen molar-refractivity contribution in [3.8, 4) is 0 Å². The molecule has 0 aliphatic carbocycles. The summed E-state index contributed by atoms with van der Waals surface area (Å²) < 4.78 is 14.4. The van der Waals surface area contributed by atoms with Gasteiger partial charge in [0, 0.05) is 12.7 Å². The quantitative estimate of drug-likeness (QED) is 0.885. The Balaban J connectivity index is 2.30. The summed E-state index contributed by atoms with van der Waals surface area (Å²) in [6, 6.07) is 7.79. The van der Waals surface area contributed by atoms with Gasteiger partial charge in [0.25, 0.3) is 0 Å². The Morgan fingerprint density at radius 3 is 2.53 bits per heavy atom. The van der Waals surface area contributed by atoms with E-state index in [9.17, 15) is 9.18 Å². The maximum Gasteiger partial charge on any atom is 0.352 e. The maximum absolute atomic E-state index is 12.7. The van der Waals surface area contributed by atoms with Crippen LogP contribution in [0.1, 0.15) is 21.6 Å². The molecule has 2 aromatic rings. The van der Waals surface area contributed by atoms with Crippen molar-refractivity contribution in [1.29, 1.82) is 0 Å². The van der Waals surface area contributed by atoms with Gasteiger partial charge >= 0.3 is 5.97 Å². The van der Waals surface area contributed by atoms with Crippen molar-refractivity contribution in [3.05, 3.63) is 59.2 Å². The number of hydrogen-bond donors (Lipinski definition) is 1. The van der Waals surface area contributed by atoms with Crippen LogP contribution in [0.15, 0.2) is 36.5 Å². The molecule has 0 amide bonds. The predicted octanol–water partition coefficient (Wildman–Crippen LogP) is 2.68. The van der Waals surface area contributed by atoms with Gasteiger partial charge in [-0.3, -0.25) is 0 Å². The fourth-order valence-corrected chi connectivity index (χ4v) is 1.79. The van der Waals surface area contributed by atoms with Crippen LogP contribution in [-0.2, 0) is 6.54 Å². The molecule has 0 saturated heterocycles. The zero-order chi connectivity index (χ0) is 12.4. The smallest absolute Gasteiger partial charge is 0.352 e. The van der Waals surface area contributed by atoms with E-state index in [1.54, 1.807) is 35.9 Å². The van der Waals surface area contributed by atoms with Crippen LogP contribution < -0.4 is 0 Å². The third-order valence-corrected chi connectivity index (χ3v) is 2.63. The average Bonchev–Trinajstić information content (AvgIpc) is 2.63. The molecule has 88 valence electrons. The molecule has 3 nitrogen and oxygen atoms in total. The van der Waals surface area contributed by atoms with Crippen LogP contribution in [0.5, 0.6) is 0 Å². The van der Waals surface area contributed by atoms with Gasteiger partial charge in [-0.25, -0.2) is 9.18 Å². The van der Waals surface area contributed by atoms with Crippen LogP contribution in [0, 0.1) is 12.7 Å². The molecule has 0 radical (unpaired) electrons. The number of aromatic carboxylic acids is 1. The number of nitrogens with zero attached hydrogens (tertiary/aromatic N) is 1. The lowest BCUT2D eigenvalue weighted by atomic mass is 10.2. The monoisotopic (exact) mass is 233 g/mol. The maximum atomic E-state index is 12.7. The molecule has 2 rings (SSSR count). The molecule has 1 heterocycles. The van der Waals surface area contributed by atoms with E-state index in [1.807, 2.05) is 0 Å². The van der Waals surface area contributed by atoms with Crippen LogP contribution >= 0.6 is 0 Å². The van der Waals surface area contributed by atoms with Crippen molar-refractivity contribution >= 4 is 5.97 Å². The first-order valence-electron chi connectivity index (χ1n) is 5.21. The molecule has 0 saturated carbocycles. The van der Waals surface area contributed by atoms with Crippen molar-refractivity contribution < 1.29 is 14.3 Å². The van der Waals surface area contributed by atoms with E-state index in [0.29, 0.717) is 6.54 Å². The molecule has 1 aromatic heterocycles. The molecule has 0 aliphatic rings. The molecular formula is C13H12FNO2. The molecule has 0 fully saturated rings. The number of hydrogen-bond acceptors (Lipinski definition) is 1. The number of carbonyl (C=O) groups is 1. The molecule has 0 spiro atoms. The van der Waals surface area contributed by atoms with E-state index in [-0.39, 0.29) is 11.5 Å². The van der Waals surface area contributed by atoms with Crippen LogP contribution in [0.3, 0.4) is 0 Å². The van der Waals surface area contributed by atoms with Gasteiger partial charge in [-0.05, 0) is 36.2 Å². The molecule has 0 unspecified atom stereocenters. The summed E-state index contributed by atoms with van der Waals surface area (Å²) in [5.74, 6) is -1.24. The first-order chi connectivity index (χ1) is 8.08. The Morgan fingerprint density at radius 1 is 1.29 bits per heavy atom. The molecule has 4 heteroatoms. The summed E-state index contributed by atoms with van der Waals surface area (Å²) in [5.41, 5.74) is 1.86. The van der Waals surface area contributed by atoms with Gasteiger partial charge < -0.3 is 9.67 Å². The fourth-order valence-electron chi connectivity index (χ4n) is 1.79. The van der Waals surface area contributed by atoms with Crippen molar-refractivity contribution in [2.24, 2.45) is 0 Å². The first kappa shape index (κ1) is 11.4. The Bertz CT molecular complexity index is 543. The molecule has 17 heavy (non-hydrogen) atoms. The van der Waals surface area contributed by atoms with Crippen LogP contribution in [0.4, 0.5) is 4.39 Å². The Kier molecular flexibility index (Phi) is 2.95. The molecule has 1 N–H and O–H groups in total. The number of aryl methyl sites for hydroxylation is 1. The van der Waals surface area contributed by atoms with Gasteiger partial charge in [-0.2, -0.15) is 0 Å². The highest BCUT2D eigenvalue weighted by atomic mass is 19.1. The summed E-state index contributed by atoms with van der Waals surface area (Å²) in [4.78, 5) is 11.1. The Morgan fingerprint density at radius 2 is 1.94 bits per heavy atom. The molecule has 0 bridgehead atoms. The van der Waals surface area contributed by atoms with Crippen LogP contribution in [-0.4, -0.2) is 15.6 Å². The summed E-state index contributed by atoms with van der Waals surface area (Å²) in [5, 5.41) is 9.08. The minimum Gasteiger partial charge on any atom is -0.477 e. The number of aromatic nitrogens is 1. The van der Waals surface area contributed by atoms with E-state index in [4.69, 9.17) is 5.11 Å². The predicted molar refractivity (Wildman–Crippen MR) is 61.6 cm³/mol. The van der Waals surface area contributed by atoms with Crippen LogP contribution in [0.25, 0.3) is 0 Å². The molecular weight excluding hydrogens is 221 g/mol. The zero-order valence-electron chi connectivity index (χ0n) is 9.35. The molecule has 1 aromatic carbocycles. The van der Waals surface area contributed by atoms with Gasteiger partial charge in [0.2, 0.25) is 0 Å². The lowest BCUT2D eigenvalue weighted by Gasteiger charge is -2.07. The molecule has 0 aliphatic heterocycles. The number of benzene rings is 1. The highest BCUT2D eigenvalue weighted by Crippen LogP contribution is 2.13. The van der Waals surface area contributed by atoms with Crippen molar-refractivity contribution in [2.75, 3.05) is 0 Å². The van der Waals surface area contributed by atoms with E-state index in [1.165, 1.54) is 12.1 Å². The SMILES string of the molecule is Cc1ccn(Cc2ccc(F)cc2)c1C(=O)O. The number of halogens is 1. The van der Waals surface area contributed by atoms with Gasteiger partial charge in [0.15, 0.2) is 0 Å². The highest BCUT2D eigenvalue weighted by molar-refractivity contribution is 5.87. The average molecular weight is 233 g/mol. The zero-order valence-corrected chi connectivity index (χ0v) is 9.35. The minimum absolute atomic E-state index is 0.273. The Hall–Kier alpha value is -2.10. The van der Waals surface area contributed by atoms with Crippen molar-refractivity contribution in [1.82, 2.24) is 4.57 Å². The Labute approximate surface area is 98.1 Å². The van der Waals surface area contributed by atoms with E-state index in [0.717, 1.165) is 11.1 Å². The largest absolute Gasteiger partial charge is 0.477 e. The second-order valence-electron chi connectivity index (χ2n) is 3.91. The third-order valence-electron chi connectivity index (χ3n) is 2.63. The molecule has 0 atom stereocenters. The lowest BCUT2D eigenvalue weighted by Crippen LogP contribution is -2.09. The van der Waals surface area contributed by atoms with Gasteiger partial charge in [0.1, 0.15) is 11.5 Å². The topological polar surface area (TPSA) is 42.2 Å². The second kappa shape index (κ2) is 4.41. The fraction of sp³-hybridized carbons (Fsp3) is 0.154. The standard InChI is InChI=1S/C13H12FNO2/c1-9-6-7-15(12(9)13(16)17)8-10-2-4-11(14)5-3-10/h2-7H,8H2,1H3,(H,16,17). The van der Waals surface area contributed by atoms with E-state index in [2.05, 4.69) is 0 Å². The van der Waals surface area contributed by atoms with Gasteiger partial charge in [-0.1, -0.05) is 12.1 Å². The van der Waals surface area contributed by atoms with E-state index >= 15 is 0 Å². The number of rotatable bonds is 3. The van der Waals surface area contributed by atoms with Gasteiger partial charge in [0.05, 0.1) is 0 Å². The normalized spacial score (nSPS) is 10.5. The van der Waals surface area contributed by atoms with Crippen LogP contribution in [0.2, 0.25) is 0 Å². The number of carboxylic acid groups (broad SMARTS) is 1.